The predicted molar refractivity (Wildman–Crippen MR) is 102 cm³/mol. The van der Waals surface area contributed by atoms with E-state index in [1.54, 1.807) is 6.92 Å². The van der Waals surface area contributed by atoms with Gasteiger partial charge in [-0.3, -0.25) is 14.6 Å². The summed E-state index contributed by atoms with van der Waals surface area (Å²) in [6, 6.07) is 11.4. The van der Waals surface area contributed by atoms with Crippen molar-refractivity contribution in [3.63, 3.8) is 0 Å². The molecule has 6 heteroatoms. The summed E-state index contributed by atoms with van der Waals surface area (Å²) in [4.78, 5) is 16.8. The van der Waals surface area contributed by atoms with Gasteiger partial charge in [0.1, 0.15) is 17.3 Å². The molecule has 1 amide bonds. The minimum absolute atomic E-state index is 0.382. The molecule has 0 aliphatic carbocycles. The van der Waals surface area contributed by atoms with Gasteiger partial charge in [0.15, 0.2) is 0 Å². The molecular weight excluding hydrogens is 348 g/mol. The highest BCUT2D eigenvalue weighted by atomic mass is 19.1. The third-order valence-electron chi connectivity index (χ3n) is 5.20. The third kappa shape index (κ3) is 4.70. The van der Waals surface area contributed by atoms with Crippen LogP contribution in [0.4, 0.5) is 14.5 Å². The predicted octanol–water partition coefficient (Wildman–Crippen LogP) is 3.42. The second-order valence-corrected chi connectivity index (χ2v) is 7.00. The van der Waals surface area contributed by atoms with Gasteiger partial charge in [-0.2, -0.15) is 0 Å². The van der Waals surface area contributed by atoms with Crippen molar-refractivity contribution in [2.75, 3.05) is 31.5 Å². The van der Waals surface area contributed by atoms with Gasteiger partial charge in [-0.15, -0.1) is 0 Å². The van der Waals surface area contributed by atoms with E-state index in [2.05, 4.69) is 29.3 Å². The minimum Gasteiger partial charge on any atom is -0.320 e. The number of carbonyl (C=O) groups is 1. The van der Waals surface area contributed by atoms with Crippen LogP contribution in [-0.2, 0) is 11.3 Å². The molecule has 1 N–H and O–H groups in total. The molecule has 2 aromatic rings. The van der Waals surface area contributed by atoms with Gasteiger partial charge in [-0.1, -0.05) is 30.3 Å². The number of benzene rings is 2. The molecule has 4 nitrogen and oxygen atoms in total. The van der Waals surface area contributed by atoms with E-state index in [4.69, 9.17) is 0 Å². The van der Waals surface area contributed by atoms with Gasteiger partial charge in [0, 0.05) is 32.7 Å². The van der Waals surface area contributed by atoms with Crippen LogP contribution in [0.5, 0.6) is 0 Å². The van der Waals surface area contributed by atoms with E-state index in [0.29, 0.717) is 0 Å². The second-order valence-electron chi connectivity index (χ2n) is 7.00. The maximum Gasteiger partial charge on any atom is 0.241 e. The molecule has 1 heterocycles. The van der Waals surface area contributed by atoms with E-state index in [1.165, 1.54) is 17.2 Å². The minimum atomic E-state index is -0.765. The number of hydrogen-bond acceptors (Lipinski definition) is 3. The summed E-state index contributed by atoms with van der Waals surface area (Å²) in [6.07, 6.45) is 0. The lowest BCUT2D eigenvalue weighted by Gasteiger charge is -2.37. The van der Waals surface area contributed by atoms with Crippen molar-refractivity contribution in [3.05, 3.63) is 65.2 Å². The summed E-state index contributed by atoms with van der Waals surface area (Å²) >= 11 is 0. The first-order chi connectivity index (χ1) is 13.0. The monoisotopic (exact) mass is 373 g/mol. The molecule has 1 atom stereocenters. The van der Waals surface area contributed by atoms with Gasteiger partial charge in [0.25, 0.3) is 0 Å². The lowest BCUT2D eigenvalue weighted by Crippen LogP contribution is -2.52. The molecule has 0 saturated carbocycles. The first-order valence-electron chi connectivity index (χ1n) is 9.21. The molecule has 1 saturated heterocycles. The Kier molecular flexibility index (Phi) is 6.19. The average molecular weight is 373 g/mol. The molecule has 0 spiro atoms. The van der Waals surface area contributed by atoms with Crippen LogP contribution in [0.15, 0.2) is 42.5 Å². The number of amides is 1. The molecule has 1 fully saturated rings. The summed E-state index contributed by atoms with van der Waals surface area (Å²) < 4.78 is 27.5. The fraction of sp³-hybridized carbons (Fsp3) is 0.381. The Labute approximate surface area is 158 Å². The number of nitrogens with one attached hydrogen (secondary N) is 1. The molecule has 3 rings (SSSR count). The van der Waals surface area contributed by atoms with Crippen molar-refractivity contribution < 1.29 is 13.6 Å². The Balaban J connectivity index is 1.54. The number of nitrogens with zero attached hydrogens (tertiary/aromatic N) is 2. The SMILES string of the molecule is Cc1ccccc1CN1CCN([C@@H](C)C(=O)Nc2c(F)cccc2F)CC1. The van der Waals surface area contributed by atoms with Crippen LogP contribution in [0.2, 0.25) is 0 Å². The molecular formula is C21H25F2N3O. The van der Waals surface area contributed by atoms with E-state index < -0.39 is 23.6 Å². The Morgan fingerprint density at radius 1 is 1.04 bits per heavy atom. The van der Waals surface area contributed by atoms with Crippen LogP contribution >= 0.6 is 0 Å². The molecule has 27 heavy (non-hydrogen) atoms. The van der Waals surface area contributed by atoms with Crippen LogP contribution < -0.4 is 5.32 Å². The van der Waals surface area contributed by atoms with Gasteiger partial charge in [-0.05, 0) is 37.1 Å². The van der Waals surface area contributed by atoms with Gasteiger partial charge in [0.2, 0.25) is 5.91 Å². The van der Waals surface area contributed by atoms with E-state index in [0.717, 1.165) is 44.9 Å². The fourth-order valence-electron chi connectivity index (χ4n) is 3.35. The average Bonchev–Trinajstić information content (AvgIpc) is 2.66. The Morgan fingerprint density at radius 2 is 1.67 bits per heavy atom. The fourth-order valence-corrected chi connectivity index (χ4v) is 3.35. The molecule has 2 aromatic carbocycles. The second kappa shape index (κ2) is 8.59. The smallest absolute Gasteiger partial charge is 0.241 e. The van der Waals surface area contributed by atoms with Gasteiger partial charge in [0.05, 0.1) is 6.04 Å². The van der Waals surface area contributed by atoms with Crippen molar-refractivity contribution in [2.24, 2.45) is 0 Å². The number of anilines is 1. The standard InChI is InChI=1S/C21H25F2N3O/c1-15-6-3-4-7-17(15)14-25-10-12-26(13-11-25)16(2)21(27)24-20-18(22)8-5-9-19(20)23/h3-9,16H,10-14H2,1-2H3,(H,24,27)/t16-/m0/s1. The molecule has 1 aliphatic heterocycles. The highest BCUT2D eigenvalue weighted by molar-refractivity contribution is 5.94. The van der Waals surface area contributed by atoms with Crippen LogP contribution in [0.3, 0.4) is 0 Å². The summed E-state index contributed by atoms with van der Waals surface area (Å²) in [6.45, 7) is 7.94. The molecule has 0 unspecified atom stereocenters. The number of piperazine rings is 1. The topological polar surface area (TPSA) is 35.6 Å². The van der Waals surface area contributed by atoms with Gasteiger partial charge < -0.3 is 5.32 Å². The lowest BCUT2D eigenvalue weighted by atomic mass is 10.1. The normalized spacial score (nSPS) is 16.9. The number of para-hydroxylation sites is 1. The van der Waals surface area contributed by atoms with Crippen LogP contribution in [0.25, 0.3) is 0 Å². The molecule has 1 aliphatic rings. The zero-order chi connectivity index (χ0) is 19.4. The largest absolute Gasteiger partial charge is 0.320 e. The lowest BCUT2D eigenvalue weighted by molar-refractivity contribution is -0.121. The third-order valence-corrected chi connectivity index (χ3v) is 5.20. The van der Waals surface area contributed by atoms with Crippen LogP contribution in [0.1, 0.15) is 18.1 Å². The maximum atomic E-state index is 13.7. The Hall–Kier alpha value is -2.31. The number of hydrogen-bond donors (Lipinski definition) is 1. The first-order valence-corrected chi connectivity index (χ1v) is 9.21. The molecule has 0 radical (unpaired) electrons. The Morgan fingerprint density at radius 3 is 2.30 bits per heavy atom. The number of halogens is 2. The van der Waals surface area contributed by atoms with Crippen molar-refractivity contribution in [1.82, 2.24) is 9.80 Å². The van der Waals surface area contributed by atoms with E-state index in [-0.39, 0.29) is 5.69 Å². The molecule has 144 valence electrons. The molecule has 0 aromatic heterocycles. The van der Waals surface area contributed by atoms with E-state index in [9.17, 15) is 13.6 Å². The highest BCUT2D eigenvalue weighted by Gasteiger charge is 2.26. The van der Waals surface area contributed by atoms with Crippen molar-refractivity contribution in [2.45, 2.75) is 26.4 Å². The van der Waals surface area contributed by atoms with Crippen molar-refractivity contribution in [3.8, 4) is 0 Å². The number of aryl methyl sites for hydroxylation is 1. The zero-order valence-corrected chi connectivity index (χ0v) is 15.7. The molecule has 0 bridgehead atoms. The van der Waals surface area contributed by atoms with Gasteiger partial charge in [-0.25, -0.2) is 8.78 Å². The summed E-state index contributed by atoms with van der Waals surface area (Å²) in [5, 5.41) is 2.39. The quantitative estimate of drug-likeness (QED) is 0.872. The van der Waals surface area contributed by atoms with E-state index >= 15 is 0 Å². The maximum absolute atomic E-state index is 13.7. The van der Waals surface area contributed by atoms with E-state index in [1.807, 2.05) is 17.0 Å². The van der Waals surface area contributed by atoms with Crippen LogP contribution in [0, 0.1) is 18.6 Å². The number of carbonyl (C=O) groups excluding carboxylic acids is 1. The zero-order valence-electron chi connectivity index (χ0n) is 15.7. The summed E-state index contributed by atoms with van der Waals surface area (Å²) in [5.41, 5.74) is 2.21. The van der Waals surface area contributed by atoms with Crippen molar-refractivity contribution in [1.29, 1.82) is 0 Å². The summed E-state index contributed by atoms with van der Waals surface area (Å²) in [7, 11) is 0. The summed E-state index contributed by atoms with van der Waals surface area (Å²) in [5.74, 6) is -1.93. The van der Waals surface area contributed by atoms with Crippen LogP contribution in [-0.4, -0.2) is 47.9 Å². The first kappa shape index (κ1) is 19.5. The highest BCUT2D eigenvalue weighted by Crippen LogP contribution is 2.19. The Bertz CT molecular complexity index is 784. The van der Waals surface area contributed by atoms with Gasteiger partial charge >= 0.3 is 0 Å². The van der Waals surface area contributed by atoms with Crippen molar-refractivity contribution >= 4 is 11.6 Å². The number of rotatable bonds is 5.